The van der Waals surface area contributed by atoms with Gasteiger partial charge >= 0.3 is 0 Å². The van der Waals surface area contributed by atoms with Crippen molar-refractivity contribution in [2.45, 2.75) is 77.8 Å². The van der Waals surface area contributed by atoms with Crippen molar-refractivity contribution in [1.29, 1.82) is 5.26 Å². The number of hydrogen-bond acceptors (Lipinski definition) is 22. The van der Waals surface area contributed by atoms with Gasteiger partial charge in [0.25, 0.3) is 0 Å². The number of primary amides is 1. The Morgan fingerprint density at radius 2 is 0.730 bits per heavy atom. The highest BCUT2D eigenvalue weighted by Gasteiger charge is 2.48. The molecule has 688 valence electrons. The van der Waals surface area contributed by atoms with E-state index in [0.29, 0.717) is 93.9 Å². The lowest BCUT2D eigenvalue weighted by Crippen LogP contribution is -2.21. The summed E-state index contributed by atoms with van der Waals surface area (Å²) >= 11 is 0. The van der Waals surface area contributed by atoms with Gasteiger partial charge in [-0.25, -0.2) is 38.1 Å². The number of nitrogens with one attached hydrogen (secondary N) is 7. The third kappa shape index (κ3) is 19.6. The smallest absolute Gasteiger partial charge is 0.231 e. The summed E-state index contributed by atoms with van der Waals surface area (Å²) in [6.45, 7) is 6.04. The van der Waals surface area contributed by atoms with Crippen LogP contribution in [-0.2, 0) is 33.6 Å². The number of ketones is 1. The number of H-pyrrole nitrogens is 2. The van der Waals surface area contributed by atoms with Crippen LogP contribution < -0.4 is 70.5 Å². The van der Waals surface area contributed by atoms with Gasteiger partial charge in [0, 0.05) is 158 Å². The number of halogens is 3. The van der Waals surface area contributed by atoms with Crippen LogP contribution in [0.1, 0.15) is 62.1 Å². The highest BCUT2D eigenvalue weighted by Crippen LogP contribution is 2.45. The maximum absolute atomic E-state index is 13.0. The van der Waals surface area contributed by atoms with E-state index in [4.69, 9.17) is 49.1 Å². The first-order chi connectivity index (χ1) is 66.0. The molecule has 0 saturated heterocycles. The van der Waals surface area contributed by atoms with Gasteiger partial charge in [0.15, 0.2) is 5.78 Å². The molecule has 9 heterocycles. The minimum absolute atomic E-state index is 0.0500. The van der Waals surface area contributed by atoms with Crippen molar-refractivity contribution in [3.63, 3.8) is 0 Å². The number of aromatic nitrogens is 9. The van der Waals surface area contributed by atoms with Crippen LogP contribution in [0.4, 0.5) is 70.7 Å². The van der Waals surface area contributed by atoms with Crippen molar-refractivity contribution in [3.8, 4) is 62.1 Å². The van der Waals surface area contributed by atoms with E-state index in [1.54, 1.807) is 112 Å². The first kappa shape index (κ1) is 90.4. The number of nitriles is 1. The number of carbonyl (C=O) groups is 7. The molecule has 137 heavy (non-hydrogen) atoms. The van der Waals surface area contributed by atoms with Crippen molar-refractivity contribution in [1.82, 2.24) is 44.9 Å². The quantitative estimate of drug-likeness (QED) is 0.0355. The summed E-state index contributed by atoms with van der Waals surface area (Å²) in [5.41, 5.74) is 53.6. The van der Waals surface area contributed by atoms with Crippen molar-refractivity contribution in [3.05, 3.63) is 242 Å². The van der Waals surface area contributed by atoms with Gasteiger partial charge in [-0.2, -0.15) is 5.26 Å². The lowest BCUT2D eigenvalue weighted by Gasteiger charge is -2.15. The van der Waals surface area contributed by atoms with E-state index in [9.17, 15) is 46.7 Å². The molecular weight excluding hydrogens is 1740 g/mol. The molecule has 5 fully saturated rings. The predicted octanol–water partition coefficient (Wildman–Crippen LogP) is 17.5. The molecule has 33 heteroatoms. The van der Waals surface area contributed by atoms with Crippen LogP contribution in [0.5, 0.6) is 11.5 Å². The summed E-state index contributed by atoms with van der Waals surface area (Å²) in [7, 11) is 3.19. The fourth-order valence-electron chi connectivity index (χ4n) is 17.1. The molecule has 0 radical (unpaired) electrons. The first-order valence-electron chi connectivity index (χ1n) is 44.2. The van der Waals surface area contributed by atoms with Gasteiger partial charge in [0.05, 0.1) is 61.7 Å². The highest BCUT2D eigenvalue weighted by atomic mass is 19.1. The zero-order chi connectivity index (χ0) is 96.1. The Morgan fingerprint density at radius 3 is 1.04 bits per heavy atom. The van der Waals surface area contributed by atoms with Crippen LogP contribution in [0.15, 0.2) is 225 Å². The molecule has 6 amide bonds. The molecular formula is C104H92F3N21O9. The number of anilines is 10. The number of alkyl halides is 3. The molecule has 0 bridgehead atoms. The zero-order valence-corrected chi connectivity index (χ0v) is 74.7. The van der Waals surface area contributed by atoms with E-state index in [1.165, 1.54) is 0 Å². The number of rotatable bonds is 18. The van der Waals surface area contributed by atoms with Crippen LogP contribution in [0.3, 0.4) is 0 Å². The Kier molecular flexibility index (Phi) is 24.7. The van der Waals surface area contributed by atoms with E-state index in [2.05, 4.69) is 122 Å². The molecule has 16 aromatic rings. The van der Waals surface area contributed by atoms with Gasteiger partial charge in [-0.3, -0.25) is 43.5 Å². The van der Waals surface area contributed by atoms with Crippen molar-refractivity contribution < 1.29 is 56.2 Å². The molecule has 7 aromatic carbocycles. The second kappa shape index (κ2) is 37.5. The Morgan fingerprint density at radius 1 is 0.401 bits per heavy atom. The molecule has 19 N–H and O–H groups in total. The second-order valence-electron chi connectivity index (χ2n) is 34.9. The number of amides is 6. The summed E-state index contributed by atoms with van der Waals surface area (Å²) in [5.74, 6) is -1.33. The normalized spacial score (nSPS) is 18.9. The molecule has 22 rings (SSSR count). The number of aromatic amines is 2. The number of Topliss-reactive ketones (excluding diaryl/α,β-unsaturated/α-hetero) is 1. The number of ether oxygens (including phenoxy) is 2. The van der Waals surface area contributed by atoms with Crippen LogP contribution in [0.2, 0.25) is 0 Å². The molecule has 0 spiro atoms. The number of nitrogen functional groups attached to an aromatic ring is 5. The zero-order valence-electron chi connectivity index (χ0n) is 74.7. The number of methoxy groups -OCH3 is 2. The number of fused-ring (bicyclic) bond motifs is 7. The predicted molar refractivity (Wildman–Crippen MR) is 526 cm³/mol. The van der Waals surface area contributed by atoms with Crippen molar-refractivity contribution in [2.75, 3.05) is 69.5 Å². The molecule has 6 aliphatic rings. The largest absolute Gasteiger partial charge is 0.496 e. The maximum atomic E-state index is 13.0. The number of allylic oxidation sites excluding steroid dienone is 4. The van der Waals surface area contributed by atoms with Crippen molar-refractivity contribution >= 4 is 180 Å². The van der Waals surface area contributed by atoms with E-state index < -0.39 is 42.2 Å². The summed E-state index contributed by atoms with van der Waals surface area (Å²) in [4.78, 5) is 120. The summed E-state index contributed by atoms with van der Waals surface area (Å²) in [5, 5.41) is 32.9. The number of benzene rings is 7. The Hall–Kier alpha value is -17.2. The Bertz CT molecular complexity index is 7630. The van der Waals surface area contributed by atoms with Crippen LogP contribution in [0.25, 0.3) is 126 Å². The number of nitrogens with zero attached hydrogens (tertiary/aromatic N) is 8. The summed E-state index contributed by atoms with van der Waals surface area (Å²) in [6, 6.07) is 46.3. The van der Waals surface area contributed by atoms with Gasteiger partial charge < -0.3 is 80.4 Å². The number of nitrogens with two attached hydrogens (primary N) is 6. The van der Waals surface area contributed by atoms with Gasteiger partial charge in [-0.1, -0.05) is 12.2 Å². The third-order valence-corrected chi connectivity index (χ3v) is 25.2. The van der Waals surface area contributed by atoms with E-state index in [1.807, 2.05) is 98.2 Å². The molecule has 30 nitrogen and oxygen atoms in total. The van der Waals surface area contributed by atoms with E-state index in [-0.39, 0.29) is 78.3 Å². The molecule has 9 aromatic heterocycles. The Balaban J connectivity index is 0.000000114. The average molecular weight is 1840 g/mol. The van der Waals surface area contributed by atoms with Crippen molar-refractivity contribution in [2.24, 2.45) is 47.2 Å². The first-order valence-corrected chi connectivity index (χ1v) is 44.2. The lowest BCUT2D eigenvalue weighted by atomic mass is 9.90. The monoisotopic (exact) mass is 1840 g/mol. The van der Waals surface area contributed by atoms with E-state index in [0.717, 1.165) is 142 Å². The Labute approximate surface area is 780 Å². The number of hydrogen-bond donors (Lipinski definition) is 13. The minimum Gasteiger partial charge on any atom is -0.496 e. The number of carbonyl (C=O) groups excluding carboxylic acids is 7. The lowest BCUT2D eigenvalue weighted by molar-refractivity contribution is -0.123. The van der Waals surface area contributed by atoms with Crippen LogP contribution >= 0.6 is 0 Å². The fraction of sp³-hybridized carbons (Fsp3) is 0.202. The van der Waals surface area contributed by atoms with Crippen LogP contribution in [-0.4, -0.2) is 119 Å². The third-order valence-electron chi connectivity index (χ3n) is 25.2. The molecule has 6 aliphatic carbocycles. The standard InChI is InChI=1S/C23H21N5O2.C23H19N5O.C20H18FN3O2.2C19H17FN4O2/c1-11-4-20-12(2-3-26-20)6-15(11)13-5-14-8-21(27-10-18(14)19(24)7-13)28-23(30)17-9-16(17)22(25)29;1-12-4-21-13(2-3-26-21)6-17(12)14-5-15-9-22(27-11-19(15)20(25)8-14)28-23(29)18-7-16(18)10-24;1-10-3-2-4-17(25)19(10)12-5-11-7-18(23-9-14(11)16(22)6-12)24-20(26)13-8-15(13)21;2*1-26-17-2-3-22-8-14(17)10-4-11-6-18(23-9-13(11)16(21)5-10)24-19(25)12-7-15(12)20/h2-8,10,16-17,26H,9,24H2,1H3,(H2,25,29)(H,27,28,30);2-6,8-9,11,16,18,26H,7,25H2,1H3,(H,27,28,29);2-3,5-7,9,13,15H,4,8,22H2,1H3,(H,23,24,26);2*2-6,8-9,12,15H,7,21H2,1H3,(H,23,24,25)/t16-,17?;16-,18?;13-,15+;12-,15+;12-,15-/m10010/s1. The SMILES string of the molecule is CC1=C(c2cc(N)c3cnc(NC(=O)[C@H]4C[C@H]4F)cc3c2)C(=O)CC=C1.COc1ccncc1-c1cc(N)c2cnc(NC(=O)[C@@H]3C[C@@H]3F)cc2c1.COc1ccncc1-c1cc(N)c2cnc(NC(=O)[C@H]3C[C@@H]3F)cc2c1.Cc1cc2[nH]ccc2cc1-c1cc(N)c2cnc(NC(=O)C3C[C@H]3C#N)cc2c1.Cc1cc2[nH]ccc2cc1-c1cc(N)c2cnc(NC(=O)C3C[C@H]3C(N)=O)cc2c1. The van der Waals surface area contributed by atoms with Gasteiger partial charge in [-0.15, -0.1) is 0 Å². The number of pyridine rings is 7. The van der Waals surface area contributed by atoms with Gasteiger partial charge in [0.2, 0.25) is 35.4 Å². The molecule has 0 aliphatic heterocycles. The maximum Gasteiger partial charge on any atom is 0.231 e. The fourth-order valence-corrected chi connectivity index (χ4v) is 17.1. The molecule has 10 atom stereocenters. The number of aryl methyl sites for hydroxylation is 2. The summed E-state index contributed by atoms with van der Waals surface area (Å²) < 4.78 is 49.9. The minimum atomic E-state index is -1.06. The highest BCUT2D eigenvalue weighted by molar-refractivity contribution is 6.24. The average Bonchev–Trinajstić information content (AvgIpc) is 1.76. The summed E-state index contributed by atoms with van der Waals surface area (Å²) in [6.07, 6.45) is 21.6. The van der Waals surface area contributed by atoms with Crippen LogP contribution in [0, 0.1) is 66.6 Å². The molecule has 5 saturated carbocycles. The molecule has 2 unspecified atom stereocenters. The second-order valence-corrected chi connectivity index (χ2v) is 34.9. The topological polar surface area (TPSA) is 500 Å². The van der Waals surface area contributed by atoms with Gasteiger partial charge in [-0.05, 0) is 286 Å². The van der Waals surface area contributed by atoms with Gasteiger partial charge in [0.1, 0.15) is 59.1 Å². The van der Waals surface area contributed by atoms with E-state index >= 15 is 0 Å².